The Bertz CT molecular complexity index is 1410. The number of alkyl halides is 4. The number of aromatic nitrogens is 6. The molecule has 4 rings (SSSR count). The summed E-state index contributed by atoms with van der Waals surface area (Å²) in [5, 5.41) is 19.9. The number of halogens is 6. The second kappa shape index (κ2) is 11.3. The average molecular weight is 552 g/mol. The van der Waals surface area contributed by atoms with Gasteiger partial charge in [0.25, 0.3) is 0 Å². The Hall–Kier alpha value is -4.20. The van der Waals surface area contributed by atoms with Crippen molar-refractivity contribution in [1.29, 1.82) is 0 Å². The molecule has 0 aliphatic rings. The van der Waals surface area contributed by atoms with Gasteiger partial charge in [-0.25, -0.2) is 36.9 Å². The molecule has 0 unspecified atom stereocenters. The van der Waals surface area contributed by atoms with E-state index in [4.69, 9.17) is 4.74 Å². The van der Waals surface area contributed by atoms with Gasteiger partial charge in [-0.3, -0.25) is 0 Å². The van der Waals surface area contributed by atoms with Crippen molar-refractivity contribution in [3.63, 3.8) is 0 Å². The van der Waals surface area contributed by atoms with Crippen LogP contribution in [0.5, 0.6) is 5.75 Å². The van der Waals surface area contributed by atoms with Crippen LogP contribution in [0, 0.1) is 11.6 Å². The lowest BCUT2D eigenvalue weighted by molar-refractivity contribution is -0.148. The Morgan fingerprint density at radius 3 is 2.44 bits per heavy atom. The van der Waals surface area contributed by atoms with E-state index in [1.165, 1.54) is 58.7 Å². The summed E-state index contributed by atoms with van der Waals surface area (Å²) in [5.74, 6) is -5.80. The molecule has 0 fully saturated rings. The molecule has 14 heteroatoms. The van der Waals surface area contributed by atoms with Crippen LogP contribution in [-0.2, 0) is 12.1 Å². The fourth-order valence-electron chi connectivity index (χ4n) is 3.70. The first-order valence-corrected chi connectivity index (χ1v) is 11.5. The Morgan fingerprint density at radius 2 is 1.79 bits per heavy atom. The summed E-state index contributed by atoms with van der Waals surface area (Å²) < 4.78 is 86.2. The van der Waals surface area contributed by atoms with Gasteiger partial charge in [-0.1, -0.05) is 24.3 Å². The van der Waals surface area contributed by atoms with Gasteiger partial charge in [0, 0.05) is 11.6 Å². The van der Waals surface area contributed by atoms with Crippen molar-refractivity contribution in [2.45, 2.75) is 37.5 Å². The second-order valence-electron chi connectivity index (χ2n) is 8.65. The number of rotatable bonds is 11. The van der Waals surface area contributed by atoms with Crippen LogP contribution < -0.4 is 4.74 Å². The SMILES string of the molecule is C[C@@H](n1cnc(/C=C/c2ccc(OCC(F)(F)C(F)F)cc2)n1)[C@](O)(Cn1cncn1)c1ccc(F)cc1F. The van der Waals surface area contributed by atoms with E-state index < -0.39 is 42.2 Å². The van der Waals surface area contributed by atoms with E-state index in [0.29, 0.717) is 11.6 Å². The highest BCUT2D eigenvalue weighted by atomic mass is 19.3. The molecule has 2 heterocycles. The van der Waals surface area contributed by atoms with Crippen molar-refractivity contribution >= 4 is 12.2 Å². The topological polar surface area (TPSA) is 90.9 Å². The highest BCUT2D eigenvalue weighted by Crippen LogP contribution is 2.36. The van der Waals surface area contributed by atoms with Gasteiger partial charge in [0.05, 0.1) is 12.6 Å². The molecule has 206 valence electrons. The number of ether oxygens (including phenoxy) is 1. The molecule has 0 amide bonds. The molecular formula is C25H22F6N6O2. The van der Waals surface area contributed by atoms with E-state index in [0.717, 1.165) is 12.1 Å². The largest absolute Gasteiger partial charge is 0.487 e. The third-order valence-corrected chi connectivity index (χ3v) is 5.94. The molecule has 8 nitrogen and oxygen atoms in total. The van der Waals surface area contributed by atoms with Crippen molar-refractivity contribution in [3.05, 3.63) is 90.0 Å². The lowest BCUT2D eigenvalue weighted by Crippen LogP contribution is -2.40. The fourth-order valence-corrected chi connectivity index (χ4v) is 3.70. The minimum atomic E-state index is -4.26. The zero-order valence-electron chi connectivity index (χ0n) is 20.3. The number of nitrogens with zero attached hydrogens (tertiary/aromatic N) is 6. The summed E-state index contributed by atoms with van der Waals surface area (Å²) in [4.78, 5) is 8.00. The molecule has 0 aliphatic heterocycles. The van der Waals surface area contributed by atoms with E-state index >= 15 is 0 Å². The molecule has 1 N–H and O–H groups in total. The maximum Gasteiger partial charge on any atom is 0.340 e. The van der Waals surface area contributed by atoms with Crippen LogP contribution in [-0.4, -0.2) is 53.6 Å². The Morgan fingerprint density at radius 1 is 1.05 bits per heavy atom. The number of hydrogen-bond donors (Lipinski definition) is 1. The molecule has 0 saturated heterocycles. The van der Waals surface area contributed by atoms with Gasteiger partial charge in [0.15, 0.2) is 12.4 Å². The summed E-state index contributed by atoms with van der Waals surface area (Å²) in [6, 6.07) is 7.67. The molecular weight excluding hydrogens is 530 g/mol. The molecule has 0 radical (unpaired) electrons. The normalized spacial score (nSPS) is 14.6. The van der Waals surface area contributed by atoms with E-state index in [1.54, 1.807) is 13.0 Å². The molecule has 0 spiro atoms. The van der Waals surface area contributed by atoms with Crippen LogP contribution in [0.3, 0.4) is 0 Å². The van der Waals surface area contributed by atoms with Gasteiger partial charge in [0.1, 0.15) is 42.0 Å². The third-order valence-electron chi connectivity index (χ3n) is 5.94. The van der Waals surface area contributed by atoms with Crippen LogP contribution >= 0.6 is 0 Å². The summed E-state index contributed by atoms with van der Waals surface area (Å²) in [5.41, 5.74) is -1.51. The lowest BCUT2D eigenvalue weighted by Gasteiger charge is -2.34. The fraction of sp³-hybridized carbons (Fsp3) is 0.280. The lowest BCUT2D eigenvalue weighted by atomic mass is 9.86. The van der Waals surface area contributed by atoms with Crippen molar-refractivity contribution < 1.29 is 36.2 Å². The van der Waals surface area contributed by atoms with Gasteiger partial charge in [-0.05, 0) is 36.8 Å². The first-order valence-electron chi connectivity index (χ1n) is 11.5. The molecule has 39 heavy (non-hydrogen) atoms. The zero-order chi connectivity index (χ0) is 28.2. The van der Waals surface area contributed by atoms with Gasteiger partial charge in [-0.15, -0.1) is 0 Å². The smallest absolute Gasteiger partial charge is 0.340 e. The molecule has 0 bridgehead atoms. The molecule has 2 aromatic heterocycles. The molecule has 0 saturated carbocycles. The van der Waals surface area contributed by atoms with Gasteiger partial charge in [0.2, 0.25) is 0 Å². The second-order valence-corrected chi connectivity index (χ2v) is 8.65. The standard InChI is InChI=1S/C25H22F6N6O2/c1-16(24(38,11-36-14-32-13-34-36)20-8-5-18(26)10-21(20)27)37-15-33-22(35-37)9-4-17-2-6-19(7-3-17)39-12-25(30,31)23(28)29/h2-10,13-16,23,38H,11-12H2,1H3/b9-4+/t16-,24-/m1/s1. The highest BCUT2D eigenvalue weighted by molar-refractivity contribution is 5.66. The van der Waals surface area contributed by atoms with Crippen LogP contribution in [0.4, 0.5) is 26.3 Å². The van der Waals surface area contributed by atoms with Crippen molar-refractivity contribution in [2.24, 2.45) is 0 Å². The Labute approximate surface area is 218 Å². The predicted molar refractivity (Wildman–Crippen MR) is 127 cm³/mol. The molecule has 0 aliphatic carbocycles. The minimum Gasteiger partial charge on any atom is -0.487 e. The van der Waals surface area contributed by atoms with Gasteiger partial charge >= 0.3 is 12.3 Å². The third kappa shape index (κ3) is 6.45. The quantitative estimate of drug-likeness (QED) is 0.270. The van der Waals surface area contributed by atoms with E-state index in [9.17, 15) is 31.4 Å². The van der Waals surface area contributed by atoms with Crippen molar-refractivity contribution in [1.82, 2.24) is 29.5 Å². The molecule has 2 aromatic carbocycles. The van der Waals surface area contributed by atoms with Crippen LogP contribution in [0.2, 0.25) is 0 Å². The number of hydrogen-bond acceptors (Lipinski definition) is 6. The number of aliphatic hydroxyl groups is 1. The predicted octanol–water partition coefficient (Wildman–Crippen LogP) is 4.75. The monoisotopic (exact) mass is 552 g/mol. The Kier molecular flexibility index (Phi) is 8.04. The van der Waals surface area contributed by atoms with Gasteiger partial charge < -0.3 is 9.84 Å². The van der Waals surface area contributed by atoms with Crippen molar-refractivity contribution in [2.75, 3.05) is 6.61 Å². The minimum absolute atomic E-state index is 0.0107. The van der Waals surface area contributed by atoms with Gasteiger partial charge in [-0.2, -0.15) is 19.0 Å². The first kappa shape index (κ1) is 27.8. The summed E-state index contributed by atoms with van der Waals surface area (Å²) in [7, 11) is 0. The molecule has 2 atom stereocenters. The van der Waals surface area contributed by atoms with Crippen LogP contribution in [0.15, 0.2) is 61.4 Å². The number of benzene rings is 2. The van der Waals surface area contributed by atoms with Crippen LogP contribution in [0.25, 0.3) is 12.2 Å². The van der Waals surface area contributed by atoms with E-state index in [2.05, 4.69) is 20.2 Å². The summed E-state index contributed by atoms with van der Waals surface area (Å²) in [6.45, 7) is -0.0952. The summed E-state index contributed by atoms with van der Waals surface area (Å²) in [6.07, 6.45) is 3.22. The zero-order valence-corrected chi connectivity index (χ0v) is 20.3. The maximum atomic E-state index is 14.8. The Balaban J connectivity index is 1.50. The first-order chi connectivity index (χ1) is 18.5. The van der Waals surface area contributed by atoms with Crippen molar-refractivity contribution in [3.8, 4) is 5.75 Å². The average Bonchev–Trinajstić information content (AvgIpc) is 3.58. The maximum absolute atomic E-state index is 14.8. The van der Waals surface area contributed by atoms with E-state index in [1.807, 2.05) is 0 Å². The summed E-state index contributed by atoms with van der Waals surface area (Å²) >= 11 is 0. The van der Waals surface area contributed by atoms with Crippen LogP contribution in [0.1, 0.15) is 29.9 Å². The molecule has 4 aromatic rings. The van der Waals surface area contributed by atoms with E-state index in [-0.39, 0.29) is 23.7 Å². The highest BCUT2D eigenvalue weighted by Gasteiger charge is 2.42.